The van der Waals surface area contributed by atoms with Gasteiger partial charge in [-0.1, -0.05) is 6.92 Å². The summed E-state index contributed by atoms with van der Waals surface area (Å²) in [5.41, 5.74) is 5.96. The number of hydrogen-bond donors (Lipinski definition) is 2. The molecule has 0 bridgehead atoms. The number of likely N-dealkylation sites (N-methyl/N-ethyl adjacent to an activating group) is 1. The van der Waals surface area contributed by atoms with Crippen molar-refractivity contribution in [1.82, 2.24) is 10.3 Å². The van der Waals surface area contributed by atoms with Crippen LogP contribution in [0.5, 0.6) is 0 Å². The molecule has 1 aromatic rings. The molecule has 5 nitrogen and oxygen atoms in total. The summed E-state index contributed by atoms with van der Waals surface area (Å²) in [4.78, 5) is 18.1. The first-order chi connectivity index (χ1) is 9.24. The Morgan fingerprint density at radius 3 is 3.16 bits per heavy atom. The summed E-state index contributed by atoms with van der Waals surface area (Å²) in [5.74, 6) is 0.327. The molecule has 1 saturated heterocycles. The SMILES string of the molecule is CCNCC1CCCCN1c1ncccc1C(N)=O. The third-order valence-electron chi connectivity index (χ3n) is 3.58. The summed E-state index contributed by atoms with van der Waals surface area (Å²) in [6.45, 7) is 4.91. The lowest BCUT2D eigenvalue weighted by atomic mass is 10.0. The van der Waals surface area contributed by atoms with Gasteiger partial charge in [-0.3, -0.25) is 4.79 Å². The summed E-state index contributed by atoms with van der Waals surface area (Å²) in [7, 11) is 0. The van der Waals surface area contributed by atoms with Crippen LogP contribution in [0.1, 0.15) is 36.5 Å². The molecule has 0 spiro atoms. The molecule has 1 aromatic heterocycles. The van der Waals surface area contributed by atoms with E-state index in [1.54, 1.807) is 18.3 Å². The fourth-order valence-electron chi connectivity index (χ4n) is 2.62. The third kappa shape index (κ3) is 3.23. The topological polar surface area (TPSA) is 71.2 Å². The van der Waals surface area contributed by atoms with E-state index >= 15 is 0 Å². The van der Waals surface area contributed by atoms with Crippen LogP contribution in [0.25, 0.3) is 0 Å². The van der Waals surface area contributed by atoms with Crippen LogP contribution < -0.4 is 16.0 Å². The van der Waals surface area contributed by atoms with Crippen molar-refractivity contribution in [2.45, 2.75) is 32.2 Å². The van der Waals surface area contributed by atoms with Crippen molar-refractivity contribution in [3.8, 4) is 0 Å². The number of aromatic nitrogens is 1. The van der Waals surface area contributed by atoms with Crippen molar-refractivity contribution in [2.75, 3.05) is 24.5 Å². The quantitative estimate of drug-likeness (QED) is 0.835. The molecule has 0 radical (unpaired) electrons. The second-order valence-corrected chi connectivity index (χ2v) is 4.89. The van der Waals surface area contributed by atoms with Crippen LogP contribution in [-0.2, 0) is 0 Å². The van der Waals surface area contributed by atoms with Gasteiger partial charge in [-0.25, -0.2) is 4.98 Å². The smallest absolute Gasteiger partial charge is 0.252 e. The zero-order valence-electron chi connectivity index (χ0n) is 11.4. The second-order valence-electron chi connectivity index (χ2n) is 4.89. The van der Waals surface area contributed by atoms with Crippen LogP contribution in [0, 0.1) is 0 Å². The van der Waals surface area contributed by atoms with E-state index in [0.29, 0.717) is 11.6 Å². The number of nitrogens with one attached hydrogen (secondary N) is 1. The van der Waals surface area contributed by atoms with Crippen molar-refractivity contribution in [3.63, 3.8) is 0 Å². The number of nitrogens with zero attached hydrogens (tertiary/aromatic N) is 2. The van der Waals surface area contributed by atoms with Crippen molar-refractivity contribution < 1.29 is 4.79 Å². The number of carbonyl (C=O) groups excluding carboxylic acids is 1. The lowest BCUT2D eigenvalue weighted by Gasteiger charge is -2.37. The van der Waals surface area contributed by atoms with Crippen LogP contribution >= 0.6 is 0 Å². The minimum absolute atomic E-state index is 0.390. The van der Waals surface area contributed by atoms with E-state index in [1.807, 2.05) is 0 Å². The molecule has 104 valence electrons. The average molecular weight is 262 g/mol. The van der Waals surface area contributed by atoms with Crippen LogP contribution in [0.2, 0.25) is 0 Å². The van der Waals surface area contributed by atoms with Gasteiger partial charge in [0.05, 0.1) is 5.56 Å². The minimum Gasteiger partial charge on any atom is -0.365 e. The van der Waals surface area contributed by atoms with Crippen LogP contribution in [0.3, 0.4) is 0 Å². The van der Waals surface area contributed by atoms with E-state index in [4.69, 9.17) is 5.73 Å². The number of hydrogen-bond acceptors (Lipinski definition) is 4. The van der Waals surface area contributed by atoms with Crippen LogP contribution in [0.15, 0.2) is 18.3 Å². The minimum atomic E-state index is -0.407. The van der Waals surface area contributed by atoms with Gasteiger partial charge in [0.2, 0.25) is 0 Å². The predicted molar refractivity (Wildman–Crippen MR) is 76.3 cm³/mol. The molecular formula is C14H22N4O. The average Bonchev–Trinajstić information content (AvgIpc) is 2.45. The molecule has 3 N–H and O–H groups in total. The molecule has 1 amide bonds. The molecule has 0 saturated carbocycles. The molecule has 0 aliphatic carbocycles. The maximum Gasteiger partial charge on any atom is 0.252 e. The normalized spacial score (nSPS) is 19.4. The van der Waals surface area contributed by atoms with E-state index in [9.17, 15) is 4.79 Å². The highest BCUT2D eigenvalue weighted by Crippen LogP contribution is 2.25. The van der Waals surface area contributed by atoms with E-state index in [1.165, 1.54) is 6.42 Å². The van der Waals surface area contributed by atoms with Gasteiger partial charge in [0.1, 0.15) is 5.82 Å². The summed E-state index contributed by atoms with van der Waals surface area (Å²) < 4.78 is 0. The zero-order chi connectivity index (χ0) is 13.7. The molecule has 1 fully saturated rings. The maximum atomic E-state index is 11.5. The van der Waals surface area contributed by atoms with Gasteiger partial charge in [0.15, 0.2) is 0 Å². The number of piperidine rings is 1. The summed E-state index contributed by atoms with van der Waals surface area (Å²) >= 11 is 0. The van der Waals surface area contributed by atoms with E-state index in [2.05, 4.69) is 22.1 Å². The second kappa shape index (κ2) is 6.52. The van der Waals surface area contributed by atoms with Gasteiger partial charge in [-0.2, -0.15) is 0 Å². The third-order valence-corrected chi connectivity index (χ3v) is 3.58. The monoisotopic (exact) mass is 262 g/mol. The summed E-state index contributed by atoms with van der Waals surface area (Å²) in [5, 5.41) is 3.38. The van der Waals surface area contributed by atoms with Gasteiger partial charge >= 0.3 is 0 Å². The van der Waals surface area contributed by atoms with Gasteiger partial charge < -0.3 is 16.0 Å². The maximum absolute atomic E-state index is 11.5. The molecule has 5 heteroatoms. The molecule has 19 heavy (non-hydrogen) atoms. The van der Waals surface area contributed by atoms with Gasteiger partial charge in [0.25, 0.3) is 5.91 Å². The fourth-order valence-corrected chi connectivity index (χ4v) is 2.62. The molecule has 1 aliphatic rings. The largest absolute Gasteiger partial charge is 0.365 e. The van der Waals surface area contributed by atoms with Crippen molar-refractivity contribution in [1.29, 1.82) is 0 Å². The standard InChI is InChI=1S/C14H22N4O/c1-2-16-10-11-6-3-4-9-18(11)14-12(13(15)19)7-5-8-17-14/h5,7-8,11,16H,2-4,6,9-10H2,1H3,(H2,15,19). The fraction of sp³-hybridized carbons (Fsp3) is 0.571. The summed E-state index contributed by atoms with van der Waals surface area (Å²) in [6, 6.07) is 3.90. The van der Waals surface area contributed by atoms with Crippen molar-refractivity contribution in [3.05, 3.63) is 23.9 Å². The van der Waals surface area contributed by atoms with E-state index in [0.717, 1.165) is 38.3 Å². The molecule has 0 aromatic carbocycles. The number of anilines is 1. The lowest BCUT2D eigenvalue weighted by molar-refractivity contribution is 0.1000. The molecular weight excluding hydrogens is 240 g/mol. The number of primary amides is 1. The highest BCUT2D eigenvalue weighted by Gasteiger charge is 2.26. The Labute approximate surface area is 114 Å². The van der Waals surface area contributed by atoms with Gasteiger partial charge in [-0.15, -0.1) is 0 Å². The Bertz CT molecular complexity index is 435. The van der Waals surface area contributed by atoms with Gasteiger partial charge in [0, 0.05) is 25.3 Å². The molecule has 1 aliphatic heterocycles. The Balaban J connectivity index is 2.24. The molecule has 2 heterocycles. The lowest BCUT2D eigenvalue weighted by Crippen LogP contribution is -2.46. The molecule has 2 rings (SSSR count). The summed E-state index contributed by atoms with van der Waals surface area (Å²) in [6.07, 6.45) is 5.21. The zero-order valence-corrected chi connectivity index (χ0v) is 11.4. The van der Waals surface area contributed by atoms with E-state index < -0.39 is 5.91 Å². The predicted octanol–water partition coefficient (Wildman–Crippen LogP) is 1.15. The van der Waals surface area contributed by atoms with Crippen molar-refractivity contribution in [2.24, 2.45) is 5.73 Å². The first-order valence-electron chi connectivity index (χ1n) is 6.96. The number of rotatable bonds is 5. The Hall–Kier alpha value is -1.62. The first kappa shape index (κ1) is 13.8. The molecule has 1 unspecified atom stereocenters. The van der Waals surface area contributed by atoms with Crippen molar-refractivity contribution >= 4 is 11.7 Å². The Morgan fingerprint density at radius 2 is 2.42 bits per heavy atom. The molecule has 1 atom stereocenters. The van der Waals surface area contributed by atoms with Crippen LogP contribution in [0.4, 0.5) is 5.82 Å². The van der Waals surface area contributed by atoms with Crippen LogP contribution in [-0.4, -0.2) is 36.6 Å². The Morgan fingerprint density at radius 1 is 1.58 bits per heavy atom. The Kier molecular flexibility index (Phi) is 4.74. The number of nitrogens with two attached hydrogens (primary N) is 1. The van der Waals surface area contributed by atoms with E-state index in [-0.39, 0.29) is 0 Å². The van der Waals surface area contributed by atoms with Gasteiger partial charge in [-0.05, 0) is 37.9 Å². The number of pyridine rings is 1. The number of amides is 1. The number of carbonyl (C=O) groups is 1. The first-order valence-corrected chi connectivity index (χ1v) is 6.96. The highest BCUT2D eigenvalue weighted by molar-refractivity contribution is 5.97. The highest BCUT2D eigenvalue weighted by atomic mass is 16.1.